The van der Waals surface area contributed by atoms with Gasteiger partial charge in [0.1, 0.15) is 0 Å². The zero-order valence-corrected chi connectivity index (χ0v) is 11.0. The van der Waals surface area contributed by atoms with Gasteiger partial charge in [-0.15, -0.1) is 0 Å². The summed E-state index contributed by atoms with van der Waals surface area (Å²) in [5.41, 5.74) is 4.76. The van der Waals surface area contributed by atoms with Gasteiger partial charge in [-0.3, -0.25) is 9.59 Å². The van der Waals surface area contributed by atoms with Crippen LogP contribution >= 0.6 is 0 Å². The normalized spacial score (nSPS) is 17.5. The van der Waals surface area contributed by atoms with E-state index >= 15 is 0 Å². The Kier molecular flexibility index (Phi) is 13.0. The van der Waals surface area contributed by atoms with Crippen LogP contribution in [0.1, 0.15) is 53.4 Å². The highest BCUT2D eigenvalue weighted by Crippen LogP contribution is 2.11. The second-order valence-corrected chi connectivity index (χ2v) is 3.50. The minimum atomic E-state index is -0.211. The lowest BCUT2D eigenvalue weighted by atomic mass is 10.1. The summed E-state index contributed by atoms with van der Waals surface area (Å²) in [6, 6.07) is 0. The van der Waals surface area contributed by atoms with Crippen LogP contribution in [0, 0.1) is 5.92 Å². The van der Waals surface area contributed by atoms with Crippen molar-refractivity contribution in [1.82, 2.24) is 5.32 Å². The van der Waals surface area contributed by atoms with E-state index in [-0.39, 0.29) is 11.8 Å². The Morgan fingerprint density at radius 1 is 1.44 bits per heavy atom. The van der Waals surface area contributed by atoms with E-state index < -0.39 is 0 Å². The minimum Gasteiger partial charge on any atom is -0.370 e. The number of hydrogen-bond donors (Lipinski definition) is 2. The van der Waals surface area contributed by atoms with Gasteiger partial charge in [-0.05, 0) is 12.3 Å². The number of rotatable bonds is 3. The Labute approximate surface area is 99.0 Å². The summed E-state index contributed by atoms with van der Waals surface area (Å²) in [5.74, 6) is 0.622. The molecule has 96 valence electrons. The number of primary amides is 1. The first-order valence-corrected chi connectivity index (χ1v) is 6.15. The lowest BCUT2D eigenvalue weighted by Gasteiger charge is -1.97. The first-order valence-electron chi connectivity index (χ1n) is 6.15. The van der Waals surface area contributed by atoms with Gasteiger partial charge in [-0.25, -0.2) is 0 Å². The molecule has 0 aromatic rings. The molecule has 1 fully saturated rings. The highest BCUT2D eigenvalue weighted by atomic mass is 16.2. The van der Waals surface area contributed by atoms with Gasteiger partial charge in [-0.2, -0.15) is 0 Å². The third kappa shape index (κ3) is 11.0. The summed E-state index contributed by atoms with van der Waals surface area (Å²) >= 11 is 0. The van der Waals surface area contributed by atoms with Crippen LogP contribution < -0.4 is 11.1 Å². The highest BCUT2D eigenvalue weighted by molar-refractivity contribution is 5.78. The van der Waals surface area contributed by atoms with Gasteiger partial charge >= 0.3 is 0 Å². The summed E-state index contributed by atoms with van der Waals surface area (Å²) in [7, 11) is 0. The molecule has 1 aliphatic rings. The number of carbonyl (C=O) groups is 2. The molecule has 0 radical (unpaired) electrons. The molecular weight excluding hydrogens is 204 g/mol. The van der Waals surface area contributed by atoms with Crippen LogP contribution in [-0.2, 0) is 9.59 Å². The Hall–Kier alpha value is -1.06. The molecule has 1 atom stereocenters. The summed E-state index contributed by atoms with van der Waals surface area (Å²) in [4.78, 5) is 20.3. The molecular formula is C12H26N2O2. The molecule has 2 amide bonds. The first kappa shape index (κ1) is 17.3. The van der Waals surface area contributed by atoms with Crippen molar-refractivity contribution in [2.24, 2.45) is 11.7 Å². The van der Waals surface area contributed by atoms with E-state index in [1.165, 1.54) is 0 Å². The summed E-state index contributed by atoms with van der Waals surface area (Å²) in [6.07, 6.45) is 3.24. The summed E-state index contributed by atoms with van der Waals surface area (Å²) < 4.78 is 0. The summed E-state index contributed by atoms with van der Waals surface area (Å²) in [6.45, 7) is 8.94. The third-order valence-corrected chi connectivity index (χ3v) is 2.14. The number of carbonyl (C=O) groups excluding carboxylic acids is 2. The molecule has 1 unspecified atom stereocenters. The topological polar surface area (TPSA) is 72.2 Å². The molecule has 1 rings (SSSR count). The van der Waals surface area contributed by atoms with E-state index in [2.05, 4.69) is 12.2 Å². The fourth-order valence-electron chi connectivity index (χ4n) is 1.20. The molecule has 16 heavy (non-hydrogen) atoms. The SMILES string of the molecule is CC.CCC1CNC(=O)C1.CCCC(N)=O. The number of nitrogens with two attached hydrogens (primary N) is 1. The maximum atomic E-state index is 10.5. The van der Waals surface area contributed by atoms with Crippen molar-refractivity contribution in [3.8, 4) is 0 Å². The van der Waals surface area contributed by atoms with Crippen LogP contribution in [0.5, 0.6) is 0 Å². The fourth-order valence-corrected chi connectivity index (χ4v) is 1.20. The third-order valence-electron chi connectivity index (χ3n) is 2.14. The Morgan fingerprint density at radius 2 is 2.00 bits per heavy atom. The van der Waals surface area contributed by atoms with Gasteiger partial charge in [0.2, 0.25) is 11.8 Å². The van der Waals surface area contributed by atoms with Gasteiger partial charge in [0.15, 0.2) is 0 Å². The zero-order valence-electron chi connectivity index (χ0n) is 11.0. The second-order valence-electron chi connectivity index (χ2n) is 3.50. The van der Waals surface area contributed by atoms with E-state index in [0.29, 0.717) is 12.3 Å². The molecule has 0 aromatic carbocycles. The van der Waals surface area contributed by atoms with Crippen molar-refractivity contribution in [2.45, 2.75) is 53.4 Å². The molecule has 1 heterocycles. The van der Waals surface area contributed by atoms with E-state index in [1.807, 2.05) is 20.8 Å². The standard InChI is InChI=1S/C6H11NO.C4H9NO.C2H6/c1-2-5-3-6(8)7-4-5;1-2-3-4(5)6;1-2/h5H,2-4H2,1H3,(H,7,8);2-3H2,1H3,(H2,5,6);1-2H3. The number of nitrogens with one attached hydrogen (secondary N) is 1. The fraction of sp³-hybridized carbons (Fsp3) is 0.833. The Morgan fingerprint density at radius 3 is 2.12 bits per heavy atom. The van der Waals surface area contributed by atoms with Crippen molar-refractivity contribution < 1.29 is 9.59 Å². The largest absolute Gasteiger partial charge is 0.370 e. The molecule has 1 aliphatic heterocycles. The van der Waals surface area contributed by atoms with Crippen LogP contribution in [0.3, 0.4) is 0 Å². The first-order chi connectivity index (χ1) is 7.60. The van der Waals surface area contributed by atoms with Gasteiger partial charge in [-0.1, -0.05) is 34.1 Å². The molecule has 0 bridgehead atoms. The van der Waals surface area contributed by atoms with Crippen molar-refractivity contribution in [2.75, 3.05) is 6.54 Å². The lowest BCUT2D eigenvalue weighted by molar-refractivity contribution is -0.119. The van der Waals surface area contributed by atoms with Crippen LogP contribution in [0.25, 0.3) is 0 Å². The molecule has 1 saturated heterocycles. The molecule has 0 spiro atoms. The van der Waals surface area contributed by atoms with Crippen molar-refractivity contribution in [3.05, 3.63) is 0 Å². The maximum Gasteiger partial charge on any atom is 0.220 e. The monoisotopic (exact) mass is 230 g/mol. The lowest BCUT2D eigenvalue weighted by Crippen LogP contribution is -2.13. The average molecular weight is 230 g/mol. The van der Waals surface area contributed by atoms with Crippen LogP contribution in [0.4, 0.5) is 0 Å². The molecule has 4 heteroatoms. The maximum absolute atomic E-state index is 10.5. The van der Waals surface area contributed by atoms with Gasteiger partial charge < -0.3 is 11.1 Å². The van der Waals surface area contributed by atoms with Gasteiger partial charge in [0.25, 0.3) is 0 Å². The Bertz CT molecular complexity index is 193. The number of amides is 2. The Balaban J connectivity index is 0. The van der Waals surface area contributed by atoms with E-state index in [4.69, 9.17) is 5.73 Å². The van der Waals surface area contributed by atoms with E-state index in [9.17, 15) is 9.59 Å². The molecule has 4 nitrogen and oxygen atoms in total. The smallest absolute Gasteiger partial charge is 0.220 e. The average Bonchev–Trinajstić information content (AvgIpc) is 2.68. The molecule has 0 saturated carbocycles. The highest BCUT2D eigenvalue weighted by Gasteiger charge is 2.18. The molecule has 3 N–H and O–H groups in total. The van der Waals surface area contributed by atoms with Gasteiger partial charge in [0.05, 0.1) is 0 Å². The van der Waals surface area contributed by atoms with E-state index in [1.54, 1.807) is 0 Å². The minimum absolute atomic E-state index is 0.211. The van der Waals surface area contributed by atoms with Crippen LogP contribution in [0.15, 0.2) is 0 Å². The van der Waals surface area contributed by atoms with Gasteiger partial charge in [0, 0.05) is 19.4 Å². The van der Waals surface area contributed by atoms with Crippen molar-refractivity contribution in [3.63, 3.8) is 0 Å². The van der Waals surface area contributed by atoms with Crippen LogP contribution in [-0.4, -0.2) is 18.4 Å². The van der Waals surface area contributed by atoms with Crippen molar-refractivity contribution in [1.29, 1.82) is 0 Å². The summed E-state index contributed by atoms with van der Waals surface area (Å²) in [5, 5.41) is 2.78. The van der Waals surface area contributed by atoms with E-state index in [0.717, 1.165) is 25.8 Å². The zero-order chi connectivity index (χ0) is 13.0. The molecule has 0 aliphatic carbocycles. The predicted octanol–water partition coefficient (Wildman–Crippen LogP) is 1.83. The quantitative estimate of drug-likeness (QED) is 0.776. The van der Waals surface area contributed by atoms with Crippen molar-refractivity contribution >= 4 is 11.8 Å². The molecule has 0 aromatic heterocycles. The predicted molar refractivity (Wildman–Crippen MR) is 66.9 cm³/mol. The number of hydrogen-bond acceptors (Lipinski definition) is 2. The second kappa shape index (κ2) is 12.0. The van der Waals surface area contributed by atoms with Crippen LogP contribution in [0.2, 0.25) is 0 Å².